The van der Waals surface area contributed by atoms with Gasteiger partial charge in [-0.2, -0.15) is 0 Å². The Labute approximate surface area is 209 Å². The minimum atomic E-state index is -0.693. The van der Waals surface area contributed by atoms with Crippen LogP contribution in [-0.2, 0) is 28.5 Å². The molecule has 0 amide bonds. The normalized spacial score (nSPS) is 21.8. The second-order valence-corrected chi connectivity index (χ2v) is 11.1. The first-order valence-corrected chi connectivity index (χ1v) is 12.3. The van der Waals surface area contributed by atoms with Crippen LogP contribution in [0.15, 0.2) is 24.3 Å². The Kier molecular flexibility index (Phi) is 10.5. The molecule has 1 aromatic carbocycles. The summed E-state index contributed by atoms with van der Waals surface area (Å²) in [6.07, 6.45) is -0.0142. The Morgan fingerprint density at radius 3 is 2.03 bits per heavy atom. The van der Waals surface area contributed by atoms with Crippen LogP contribution in [0.2, 0.25) is 0 Å². The molecule has 1 saturated heterocycles. The first-order valence-electron chi connectivity index (χ1n) is 12.3. The molecule has 1 aliphatic rings. The molecule has 35 heavy (non-hydrogen) atoms. The van der Waals surface area contributed by atoms with Gasteiger partial charge >= 0.3 is 11.9 Å². The van der Waals surface area contributed by atoms with Gasteiger partial charge in [0.05, 0.1) is 49.5 Å². The van der Waals surface area contributed by atoms with Gasteiger partial charge in [-0.05, 0) is 60.1 Å². The topological polar surface area (TPSA) is 101 Å². The summed E-state index contributed by atoms with van der Waals surface area (Å²) in [4.78, 5) is 24.0. The Bertz CT molecular complexity index is 804. The van der Waals surface area contributed by atoms with Gasteiger partial charge in [-0.25, -0.2) is 0 Å². The molecule has 0 bridgehead atoms. The van der Waals surface area contributed by atoms with E-state index in [-0.39, 0.29) is 37.4 Å². The van der Waals surface area contributed by atoms with E-state index in [2.05, 4.69) is 0 Å². The van der Waals surface area contributed by atoms with Crippen molar-refractivity contribution in [1.82, 2.24) is 0 Å². The minimum Gasteiger partial charge on any atom is -0.497 e. The van der Waals surface area contributed by atoms with Gasteiger partial charge in [0.2, 0.25) is 0 Å². The molecule has 1 N–H and O–H groups in total. The van der Waals surface area contributed by atoms with Gasteiger partial charge in [-0.15, -0.1) is 0 Å². The molecule has 1 unspecified atom stereocenters. The molecule has 8 nitrogen and oxygen atoms in total. The van der Waals surface area contributed by atoms with E-state index in [1.807, 2.05) is 45.0 Å². The van der Waals surface area contributed by atoms with Crippen LogP contribution < -0.4 is 4.74 Å². The van der Waals surface area contributed by atoms with E-state index in [1.54, 1.807) is 27.9 Å². The van der Waals surface area contributed by atoms with Crippen LogP contribution in [0, 0.1) is 10.8 Å². The molecular weight excluding hydrogens is 452 g/mol. The summed E-state index contributed by atoms with van der Waals surface area (Å²) in [6.45, 7) is 11.2. The Morgan fingerprint density at radius 1 is 0.943 bits per heavy atom. The number of methoxy groups -OCH3 is 1. The standard InChI is InChI=1S/C27H42O8/c1-26(2,3)24(29)32-14-12-19(28)16-22-17-21(13-15-33-25(30)27(4,5)6)34-23(35-22)18-8-10-20(31-7)11-9-18/h8-11,19,21-23,28H,12-17H2,1-7H3/t19-,21-,22+,23?/m1/s1. The van der Waals surface area contributed by atoms with Crippen molar-refractivity contribution in [2.24, 2.45) is 10.8 Å². The van der Waals surface area contributed by atoms with E-state index in [0.29, 0.717) is 25.7 Å². The Balaban J connectivity index is 1.98. The lowest BCUT2D eigenvalue weighted by atomic mass is 9.97. The molecule has 0 aliphatic carbocycles. The van der Waals surface area contributed by atoms with Crippen molar-refractivity contribution in [3.8, 4) is 5.75 Å². The number of carbonyl (C=O) groups is 2. The predicted octanol–water partition coefficient (Wildman–Crippen LogP) is 4.58. The van der Waals surface area contributed by atoms with Crippen molar-refractivity contribution in [1.29, 1.82) is 0 Å². The van der Waals surface area contributed by atoms with Crippen molar-refractivity contribution >= 4 is 11.9 Å². The highest BCUT2D eigenvalue weighted by Crippen LogP contribution is 2.34. The average molecular weight is 495 g/mol. The third-order valence-corrected chi connectivity index (χ3v) is 5.66. The predicted molar refractivity (Wildman–Crippen MR) is 131 cm³/mol. The summed E-state index contributed by atoms with van der Waals surface area (Å²) < 4.78 is 28.3. The second kappa shape index (κ2) is 12.7. The summed E-state index contributed by atoms with van der Waals surface area (Å²) in [5.74, 6) is 0.177. The lowest BCUT2D eigenvalue weighted by molar-refractivity contribution is -0.254. The molecule has 1 aliphatic heterocycles. The van der Waals surface area contributed by atoms with E-state index in [4.69, 9.17) is 23.7 Å². The van der Waals surface area contributed by atoms with Gasteiger partial charge in [0.15, 0.2) is 6.29 Å². The fourth-order valence-corrected chi connectivity index (χ4v) is 3.47. The summed E-state index contributed by atoms with van der Waals surface area (Å²) in [7, 11) is 1.60. The van der Waals surface area contributed by atoms with E-state index >= 15 is 0 Å². The number of hydrogen-bond acceptors (Lipinski definition) is 8. The van der Waals surface area contributed by atoms with Gasteiger partial charge in [0.1, 0.15) is 5.75 Å². The molecule has 0 aromatic heterocycles. The number of ether oxygens (including phenoxy) is 5. The number of esters is 2. The summed E-state index contributed by atoms with van der Waals surface area (Å²) in [5.41, 5.74) is -0.310. The maximum atomic E-state index is 12.1. The monoisotopic (exact) mass is 494 g/mol. The molecule has 1 heterocycles. The molecule has 198 valence electrons. The highest BCUT2D eigenvalue weighted by Gasteiger charge is 2.33. The molecule has 1 aromatic rings. The van der Waals surface area contributed by atoms with Crippen molar-refractivity contribution < 1.29 is 38.4 Å². The average Bonchev–Trinajstić information content (AvgIpc) is 2.77. The Morgan fingerprint density at radius 2 is 1.49 bits per heavy atom. The second-order valence-electron chi connectivity index (χ2n) is 11.1. The van der Waals surface area contributed by atoms with Crippen molar-refractivity contribution in [3.63, 3.8) is 0 Å². The summed E-state index contributed by atoms with van der Waals surface area (Å²) in [5, 5.41) is 10.6. The molecule has 0 spiro atoms. The highest BCUT2D eigenvalue weighted by atomic mass is 16.7. The first-order chi connectivity index (χ1) is 16.3. The summed E-state index contributed by atoms with van der Waals surface area (Å²) >= 11 is 0. The zero-order chi connectivity index (χ0) is 26.2. The van der Waals surface area contributed by atoms with E-state index in [0.717, 1.165) is 11.3 Å². The van der Waals surface area contributed by atoms with Gasteiger partial charge in [-0.1, -0.05) is 12.1 Å². The maximum absolute atomic E-state index is 12.1. The minimum absolute atomic E-state index is 0.147. The number of rotatable bonds is 10. The Hall–Kier alpha value is -2.16. The third kappa shape index (κ3) is 9.78. The van der Waals surface area contributed by atoms with Crippen LogP contribution in [0.25, 0.3) is 0 Å². The van der Waals surface area contributed by atoms with Crippen molar-refractivity contribution in [3.05, 3.63) is 29.8 Å². The number of aliphatic hydroxyl groups excluding tert-OH is 1. The van der Waals surface area contributed by atoms with Crippen LogP contribution in [0.5, 0.6) is 5.75 Å². The highest BCUT2D eigenvalue weighted by molar-refractivity contribution is 5.75. The number of carbonyl (C=O) groups excluding carboxylic acids is 2. The molecule has 4 atom stereocenters. The third-order valence-electron chi connectivity index (χ3n) is 5.66. The van der Waals surface area contributed by atoms with Crippen LogP contribution in [0.4, 0.5) is 0 Å². The van der Waals surface area contributed by atoms with Gasteiger partial charge in [0.25, 0.3) is 0 Å². The fourth-order valence-electron chi connectivity index (χ4n) is 3.47. The molecule has 0 radical (unpaired) electrons. The van der Waals surface area contributed by atoms with Crippen molar-refractivity contribution in [2.75, 3.05) is 20.3 Å². The van der Waals surface area contributed by atoms with E-state index in [9.17, 15) is 14.7 Å². The zero-order valence-electron chi connectivity index (χ0n) is 22.2. The lowest BCUT2D eigenvalue weighted by Crippen LogP contribution is -2.37. The quantitative estimate of drug-likeness (QED) is 0.472. The molecule has 1 fully saturated rings. The largest absolute Gasteiger partial charge is 0.497 e. The van der Waals surface area contributed by atoms with Crippen molar-refractivity contribution in [2.45, 2.75) is 91.8 Å². The van der Waals surface area contributed by atoms with Gasteiger partial charge in [-0.3, -0.25) is 9.59 Å². The molecule has 2 rings (SSSR count). The van der Waals surface area contributed by atoms with Crippen LogP contribution in [0.1, 0.15) is 79.1 Å². The first kappa shape index (κ1) is 29.1. The maximum Gasteiger partial charge on any atom is 0.311 e. The van der Waals surface area contributed by atoms with E-state index in [1.165, 1.54) is 0 Å². The van der Waals surface area contributed by atoms with E-state index < -0.39 is 23.2 Å². The van der Waals surface area contributed by atoms with Crippen LogP contribution >= 0.6 is 0 Å². The molecule has 0 saturated carbocycles. The molecular formula is C27H42O8. The zero-order valence-corrected chi connectivity index (χ0v) is 22.2. The SMILES string of the molecule is COc1ccc(C2O[C@H](CCOC(=O)C(C)(C)C)C[C@H](C[C@H](O)CCOC(=O)C(C)(C)C)O2)cc1. The van der Waals surface area contributed by atoms with Gasteiger partial charge in [0, 0.05) is 24.8 Å². The number of hydrogen-bond donors (Lipinski definition) is 1. The summed E-state index contributed by atoms with van der Waals surface area (Å²) in [6, 6.07) is 7.43. The number of benzene rings is 1. The van der Waals surface area contributed by atoms with Gasteiger partial charge < -0.3 is 28.8 Å². The lowest BCUT2D eigenvalue weighted by Gasteiger charge is -2.37. The molecule has 8 heteroatoms. The number of aliphatic hydroxyl groups is 1. The van der Waals surface area contributed by atoms with Crippen LogP contribution in [-0.4, -0.2) is 55.7 Å². The van der Waals surface area contributed by atoms with Crippen LogP contribution in [0.3, 0.4) is 0 Å². The smallest absolute Gasteiger partial charge is 0.311 e. The fraction of sp³-hybridized carbons (Fsp3) is 0.704.